The summed E-state index contributed by atoms with van der Waals surface area (Å²) in [5.74, 6) is -0.618. The van der Waals surface area contributed by atoms with Gasteiger partial charge in [0.2, 0.25) is 5.91 Å². The van der Waals surface area contributed by atoms with E-state index in [4.69, 9.17) is 0 Å². The summed E-state index contributed by atoms with van der Waals surface area (Å²) < 4.78 is 14.3. The fraction of sp³-hybridized carbons (Fsp3) is 0.167. The van der Waals surface area contributed by atoms with E-state index in [9.17, 15) is 14.0 Å². The van der Waals surface area contributed by atoms with Crippen LogP contribution in [0.4, 0.5) is 4.39 Å². The topological polar surface area (TPSA) is 64.0 Å². The predicted octanol–water partition coefficient (Wildman–Crippen LogP) is 2.16. The van der Waals surface area contributed by atoms with Crippen LogP contribution in [0.5, 0.6) is 0 Å². The summed E-state index contributed by atoms with van der Waals surface area (Å²) in [4.78, 5) is 28.7. The lowest BCUT2D eigenvalue weighted by Gasteiger charge is -2.11. The number of benzene rings is 2. The fourth-order valence-electron chi connectivity index (χ4n) is 2.48. The number of halogens is 1. The zero-order valence-electron chi connectivity index (χ0n) is 13.1. The molecule has 0 unspecified atom stereocenters. The lowest BCUT2D eigenvalue weighted by atomic mass is 10.2. The summed E-state index contributed by atoms with van der Waals surface area (Å²) in [7, 11) is 0. The second-order valence-corrected chi connectivity index (χ2v) is 5.48. The molecular formula is C18H16FN3O2. The summed E-state index contributed by atoms with van der Waals surface area (Å²) in [6.45, 7) is 1.81. The van der Waals surface area contributed by atoms with E-state index in [-0.39, 0.29) is 30.4 Å². The van der Waals surface area contributed by atoms with Crippen molar-refractivity contribution in [3.8, 4) is 0 Å². The molecule has 5 nitrogen and oxygen atoms in total. The molecule has 0 spiro atoms. The maximum absolute atomic E-state index is 12.9. The Bertz CT molecular complexity index is 949. The molecule has 3 rings (SSSR count). The zero-order chi connectivity index (χ0) is 17.1. The minimum Gasteiger partial charge on any atom is -0.350 e. The van der Waals surface area contributed by atoms with Gasteiger partial charge >= 0.3 is 0 Å². The molecule has 0 aliphatic heterocycles. The Labute approximate surface area is 137 Å². The van der Waals surface area contributed by atoms with Gasteiger partial charge in [0, 0.05) is 6.54 Å². The second kappa shape index (κ2) is 6.62. The minimum atomic E-state index is -0.324. The van der Waals surface area contributed by atoms with E-state index in [0.717, 1.165) is 5.56 Å². The molecule has 0 saturated carbocycles. The first kappa shape index (κ1) is 15.9. The molecule has 0 atom stereocenters. The maximum atomic E-state index is 12.9. The molecule has 3 aromatic rings. The molecule has 1 amide bonds. The highest BCUT2D eigenvalue weighted by Gasteiger charge is 2.11. The molecular weight excluding hydrogens is 309 g/mol. The van der Waals surface area contributed by atoms with Crippen LogP contribution in [0, 0.1) is 12.7 Å². The molecule has 0 aliphatic carbocycles. The Kier molecular flexibility index (Phi) is 4.37. The Morgan fingerprint density at radius 3 is 2.62 bits per heavy atom. The van der Waals surface area contributed by atoms with Crippen LogP contribution < -0.4 is 10.9 Å². The summed E-state index contributed by atoms with van der Waals surface area (Å²) in [6.07, 6.45) is 0. The van der Waals surface area contributed by atoms with Gasteiger partial charge in [0.25, 0.3) is 5.56 Å². The molecule has 0 bridgehead atoms. The Morgan fingerprint density at radius 1 is 1.17 bits per heavy atom. The quantitative estimate of drug-likeness (QED) is 0.799. The molecule has 1 N–H and O–H groups in total. The van der Waals surface area contributed by atoms with Crippen molar-refractivity contribution in [2.45, 2.75) is 20.0 Å². The van der Waals surface area contributed by atoms with Gasteiger partial charge in [0.1, 0.15) is 18.1 Å². The first-order valence-electron chi connectivity index (χ1n) is 7.52. The van der Waals surface area contributed by atoms with E-state index in [2.05, 4.69) is 10.3 Å². The van der Waals surface area contributed by atoms with E-state index < -0.39 is 0 Å². The lowest BCUT2D eigenvalue weighted by molar-refractivity contribution is -0.121. The zero-order valence-corrected chi connectivity index (χ0v) is 13.1. The van der Waals surface area contributed by atoms with Crippen molar-refractivity contribution >= 4 is 16.9 Å². The number of amides is 1. The van der Waals surface area contributed by atoms with Crippen LogP contribution in [0.1, 0.15) is 11.3 Å². The SMILES string of the molecule is Cc1nc2ccccc2n(CC(=O)NCc2ccc(F)cc2)c1=O. The fourth-order valence-corrected chi connectivity index (χ4v) is 2.48. The number of para-hydroxylation sites is 2. The first-order valence-corrected chi connectivity index (χ1v) is 7.52. The number of aromatic nitrogens is 2. The molecule has 122 valence electrons. The van der Waals surface area contributed by atoms with Crippen LogP contribution >= 0.6 is 0 Å². The maximum Gasteiger partial charge on any atom is 0.272 e. The Balaban J connectivity index is 1.79. The van der Waals surface area contributed by atoms with Crippen molar-refractivity contribution in [2.24, 2.45) is 0 Å². The average molecular weight is 325 g/mol. The van der Waals surface area contributed by atoms with Crippen LogP contribution in [0.3, 0.4) is 0 Å². The van der Waals surface area contributed by atoms with Crippen LogP contribution in [-0.4, -0.2) is 15.5 Å². The van der Waals surface area contributed by atoms with E-state index in [1.165, 1.54) is 16.7 Å². The van der Waals surface area contributed by atoms with Crippen LogP contribution in [0.25, 0.3) is 11.0 Å². The van der Waals surface area contributed by atoms with E-state index >= 15 is 0 Å². The van der Waals surface area contributed by atoms with Crippen LogP contribution in [-0.2, 0) is 17.9 Å². The van der Waals surface area contributed by atoms with Gasteiger partial charge in [-0.15, -0.1) is 0 Å². The van der Waals surface area contributed by atoms with Crippen molar-refractivity contribution in [3.63, 3.8) is 0 Å². The summed E-state index contributed by atoms with van der Waals surface area (Å²) in [6, 6.07) is 13.1. The van der Waals surface area contributed by atoms with Crippen molar-refractivity contribution < 1.29 is 9.18 Å². The molecule has 24 heavy (non-hydrogen) atoms. The monoisotopic (exact) mass is 325 g/mol. The normalized spacial score (nSPS) is 10.8. The number of rotatable bonds is 4. The number of hydrogen-bond donors (Lipinski definition) is 1. The second-order valence-electron chi connectivity index (χ2n) is 5.48. The third-order valence-corrected chi connectivity index (χ3v) is 3.72. The number of nitrogens with zero attached hydrogens (tertiary/aromatic N) is 2. The minimum absolute atomic E-state index is 0.0934. The lowest BCUT2D eigenvalue weighted by Crippen LogP contribution is -2.33. The van der Waals surface area contributed by atoms with Crippen LogP contribution in [0.15, 0.2) is 53.3 Å². The number of aryl methyl sites for hydroxylation is 1. The molecule has 0 saturated heterocycles. The number of fused-ring (bicyclic) bond motifs is 1. The molecule has 0 aliphatic rings. The highest BCUT2D eigenvalue weighted by Crippen LogP contribution is 2.09. The number of carbonyl (C=O) groups excluding carboxylic acids is 1. The Hall–Kier alpha value is -3.02. The molecule has 1 heterocycles. The number of carbonyl (C=O) groups is 1. The van der Waals surface area contributed by atoms with Crippen molar-refractivity contribution in [1.29, 1.82) is 0 Å². The largest absolute Gasteiger partial charge is 0.350 e. The molecule has 1 aromatic heterocycles. The van der Waals surface area contributed by atoms with Gasteiger partial charge in [-0.3, -0.25) is 14.2 Å². The molecule has 0 fully saturated rings. The molecule has 6 heteroatoms. The van der Waals surface area contributed by atoms with Gasteiger partial charge in [-0.2, -0.15) is 0 Å². The Morgan fingerprint density at radius 2 is 1.88 bits per heavy atom. The van der Waals surface area contributed by atoms with Crippen molar-refractivity contribution in [3.05, 3.63) is 76.0 Å². The van der Waals surface area contributed by atoms with Gasteiger partial charge in [-0.1, -0.05) is 24.3 Å². The van der Waals surface area contributed by atoms with Crippen molar-refractivity contribution in [1.82, 2.24) is 14.9 Å². The van der Waals surface area contributed by atoms with Gasteiger partial charge in [-0.25, -0.2) is 9.37 Å². The third kappa shape index (κ3) is 3.32. The smallest absolute Gasteiger partial charge is 0.272 e. The highest BCUT2D eigenvalue weighted by atomic mass is 19.1. The highest BCUT2D eigenvalue weighted by molar-refractivity contribution is 5.80. The van der Waals surface area contributed by atoms with Gasteiger partial charge < -0.3 is 5.32 Å². The van der Waals surface area contributed by atoms with Gasteiger partial charge in [0.15, 0.2) is 0 Å². The van der Waals surface area contributed by atoms with Gasteiger partial charge in [-0.05, 0) is 36.8 Å². The van der Waals surface area contributed by atoms with Gasteiger partial charge in [0.05, 0.1) is 11.0 Å². The van der Waals surface area contributed by atoms with E-state index in [1.54, 1.807) is 37.3 Å². The summed E-state index contributed by atoms with van der Waals surface area (Å²) in [5, 5.41) is 2.74. The number of hydrogen-bond acceptors (Lipinski definition) is 3. The van der Waals surface area contributed by atoms with Crippen molar-refractivity contribution in [2.75, 3.05) is 0 Å². The molecule has 0 radical (unpaired) electrons. The standard InChI is InChI=1S/C18H16FN3O2/c1-12-18(24)22(16-5-3-2-4-15(16)21-12)11-17(23)20-10-13-6-8-14(19)9-7-13/h2-9H,10-11H2,1H3,(H,20,23). The van der Waals surface area contributed by atoms with E-state index in [0.29, 0.717) is 16.7 Å². The third-order valence-electron chi connectivity index (χ3n) is 3.72. The predicted molar refractivity (Wildman–Crippen MR) is 89.0 cm³/mol. The molecule has 2 aromatic carbocycles. The number of nitrogens with one attached hydrogen (secondary N) is 1. The van der Waals surface area contributed by atoms with Crippen LogP contribution in [0.2, 0.25) is 0 Å². The first-order chi connectivity index (χ1) is 11.5. The summed E-state index contributed by atoms with van der Waals surface area (Å²) in [5.41, 5.74) is 2.13. The van der Waals surface area contributed by atoms with E-state index in [1.807, 2.05) is 6.07 Å². The summed E-state index contributed by atoms with van der Waals surface area (Å²) >= 11 is 0. The average Bonchev–Trinajstić information content (AvgIpc) is 2.58.